The van der Waals surface area contributed by atoms with Crippen LogP contribution in [0.15, 0.2) is 66.0 Å². The Kier molecular flexibility index (Phi) is 5.42. The fourth-order valence-electron chi connectivity index (χ4n) is 4.48. The number of carbonyl (C=O) groups excluding carboxylic acids is 1. The van der Waals surface area contributed by atoms with Crippen LogP contribution in [-0.2, 0) is 9.53 Å². The Hall–Kier alpha value is -3.93. The number of aromatic nitrogens is 2. The van der Waals surface area contributed by atoms with Crippen molar-refractivity contribution in [3.8, 4) is 0 Å². The van der Waals surface area contributed by atoms with E-state index in [0.717, 1.165) is 64.3 Å². The van der Waals surface area contributed by atoms with Gasteiger partial charge in [0, 0.05) is 39.9 Å². The minimum Gasteiger partial charge on any atom is -0.463 e. The van der Waals surface area contributed by atoms with E-state index in [1.807, 2.05) is 37.3 Å². The third-order valence-corrected chi connectivity index (χ3v) is 6.07. The molecule has 0 bridgehead atoms. The highest BCUT2D eigenvalue weighted by Crippen LogP contribution is 2.34. The van der Waals surface area contributed by atoms with Crippen molar-refractivity contribution in [3.05, 3.63) is 77.1 Å². The number of hydrogen-bond donors (Lipinski definition) is 1. The molecule has 5 aromatic rings. The van der Waals surface area contributed by atoms with Gasteiger partial charge in [0.05, 0.1) is 17.6 Å². The third-order valence-electron chi connectivity index (χ3n) is 6.07. The Balaban J connectivity index is 1.46. The number of carbonyl (C=O) groups is 1. The number of rotatable bonds is 8. The van der Waals surface area contributed by atoms with Gasteiger partial charge in [-0.05, 0) is 62.1 Å². The summed E-state index contributed by atoms with van der Waals surface area (Å²) in [6.45, 7) is 6.62. The van der Waals surface area contributed by atoms with Gasteiger partial charge in [-0.15, -0.1) is 0 Å². The summed E-state index contributed by atoms with van der Waals surface area (Å²) in [5.41, 5.74) is 4.45. The third kappa shape index (κ3) is 3.67. The number of imidazole rings is 1. The quantitative estimate of drug-likeness (QED) is 0.204. The van der Waals surface area contributed by atoms with Gasteiger partial charge in [-0.1, -0.05) is 24.8 Å². The molecule has 0 unspecified atom stereocenters. The largest absolute Gasteiger partial charge is 0.463 e. The highest BCUT2D eigenvalue weighted by Gasteiger charge is 2.17. The first-order chi connectivity index (χ1) is 16.1. The number of esters is 1. The molecule has 5 rings (SSSR count). The van der Waals surface area contributed by atoms with Gasteiger partial charge in [-0.3, -0.25) is 9.20 Å². The minimum absolute atomic E-state index is 0.0410. The van der Waals surface area contributed by atoms with Crippen molar-refractivity contribution in [2.24, 2.45) is 0 Å². The lowest BCUT2D eigenvalue weighted by Crippen LogP contribution is -2.13. The summed E-state index contributed by atoms with van der Waals surface area (Å²) in [4.78, 5) is 29.4. The molecule has 166 valence electrons. The maximum absolute atomic E-state index is 13.5. The van der Waals surface area contributed by atoms with Gasteiger partial charge in [-0.25, -0.2) is 9.78 Å². The van der Waals surface area contributed by atoms with Crippen LogP contribution in [0.1, 0.15) is 24.8 Å². The first-order valence-electron chi connectivity index (χ1n) is 11.2. The molecule has 0 aliphatic rings. The molecule has 0 aliphatic heterocycles. The molecule has 0 amide bonds. The van der Waals surface area contributed by atoms with Crippen LogP contribution < -0.4 is 10.9 Å². The monoisotopic (exact) mass is 439 g/mol. The van der Waals surface area contributed by atoms with Crippen LogP contribution in [0.25, 0.3) is 38.2 Å². The van der Waals surface area contributed by atoms with Crippen molar-refractivity contribution >= 4 is 49.9 Å². The fourth-order valence-corrected chi connectivity index (χ4v) is 4.48. The summed E-state index contributed by atoms with van der Waals surface area (Å²) in [7, 11) is 0. The van der Waals surface area contributed by atoms with Crippen LogP contribution in [0.3, 0.4) is 0 Å². The SMILES string of the molecule is C=CC(=O)OCCCCCNc1ccc2c3c1cccc3c(=O)n1c3ccc(C)cc3nc21. The van der Waals surface area contributed by atoms with E-state index in [1.54, 1.807) is 4.40 Å². The van der Waals surface area contributed by atoms with Crippen LogP contribution >= 0.6 is 0 Å². The molecule has 0 saturated carbocycles. The first kappa shape index (κ1) is 20.9. The minimum atomic E-state index is -0.380. The second-order valence-corrected chi connectivity index (χ2v) is 8.32. The number of aryl methyl sites for hydroxylation is 1. The summed E-state index contributed by atoms with van der Waals surface area (Å²) in [5, 5.41) is 7.15. The highest BCUT2D eigenvalue weighted by molar-refractivity contribution is 6.18. The predicted molar refractivity (Wildman–Crippen MR) is 133 cm³/mol. The lowest BCUT2D eigenvalue weighted by molar-refractivity contribution is -0.137. The summed E-state index contributed by atoms with van der Waals surface area (Å²) in [6.07, 6.45) is 3.89. The predicted octanol–water partition coefficient (Wildman–Crippen LogP) is 5.21. The van der Waals surface area contributed by atoms with E-state index in [2.05, 4.69) is 30.1 Å². The number of unbranched alkanes of at least 4 members (excludes halogenated alkanes) is 2. The van der Waals surface area contributed by atoms with E-state index in [1.165, 1.54) is 6.08 Å². The van der Waals surface area contributed by atoms with Gasteiger partial charge >= 0.3 is 5.97 Å². The van der Waals surface area contributed by atoms with E-state index in [4.69, 9.17) is 9.72 Å². The van der Waals surface area contributed by atoms with Crippen molar-refractivity contribution < 1.29 is 9.53 Å². The molecule has 0 saturated heterocycles. The molecule has 2 heterocycles. The number of fused-ring (bicyclic) bond motifs is 4. The molecular formula is C27H25N3O3. The highest BCUT2D eigenvalue weighted by atomic mass is 16.5. The van der Waals surface area contributed by atoms with Crippen molar-refractivity contribution in [1.82, 2.24) is 9.38 Å². The molecule has 0 aliphatic carbocycles. The fraction of sp³-hybridized carbons (Fsp3) is 0.222. The molecule has 0 spiro atoms. The van der Waals surface area contributed by atoms with Crippen LogP contribution in [0.2, 0.25) is 0 Å². The van der Waals surface area contributed by atoms with E-state index in [9.17, 15) is 9.59 Å². The van der Waals surface area contributed by atoms with Gasteiger partial charge in [0.15, 0.2) is 0 Å². The number of benzene rings is 3. The maximum atomic E-state index is 13.5. The zero-order valence-electron chi connectivity index (χ0n) is 18.6. The van der Waals surface area contributed by atoms with Gasteiger partial charge in [-0.2, -0.15) is 0 Å². The van der Waals surface area contributed by atoms with Gasteiger partial charge < -0.3 is 10.1 Å². The van der Waals surface area contributed by atoms with Crippen molar-refractivity contribution in [2.75, 3.05) is 18.5 Å². The number of hydrogen-bond acceptors (Lipinski definition) is 5. The second kappa shape index (κ2) is 8.54. The van der Waals surface area contributed by atoms with Crippen molar-refractivity contribution in [1.29, 1.82) is 0 Å². The van der Waals surface area contributed by atoms with Gasteiger partial charge in [0.25, 0.3) is 5.56 Å². The first-order valence-corrected chi connectivity index (χ1v) is 11.2. The molecule has 0 fully saturated rings. The van der Waals surface area contributed by atoms with E-state index < -0.39 is 0 Å². The Bertz CT molecular complexity index is 1570. The number of nitrogens with one attached hydrogen (secondary N) is 1. The number of nitrogens with zero attached hydrogens (tertiary/aromatic N) is 2. The van der Waals surface area contributed by atoms with Crippen LogP contribution in [0, 0.1) is 6.92 Å². The van der Waals surface area contributed by atoms with E-state index in [0.29, 0.717) is 17.6 Å². The molecule has 6 heteroatoms. The van der Waals surface area contributed by atoms with Gasteiger partial charge in [0.1, 0.15) is 5.65 Å². The molecule has 6 nitrogen and oxygen atoms in total. The van der Waals surface area contributed by atoms with Crippen molar-refractivity contribution in [3.63, 3.8) is 0 Å². The van der Waals surface area contributed by atoms with Gasteiger partial charge in [0.2, 0.25) is 0 Å². The van der Waals surface area contributed by atoms with Crippen molar-refractivity contribution in [2.45, 2.75) is 26.2 Å². The van der Waals surface area contributed by atoms with Crippen LogP contribution in [0.4, 0.5) is 5.69 Å². The smallest absolute Gasteiger partial charge is 0.330 e. The summed E-state index contributed by atoms with van der Waals surface area (Å²) < 4.78 is 6.74. The molecular weight excluding hydrogens is 414 g/mol. The summed E-state index contributed by atoms with van der Waals surface area (Å²) >= 11 is 0. The second-order valence-electron chi connectivity index (χ2n) is 8.32. The molecule has 33 heavy (non-hydrogen) atoms. The molecule has 3 aromatic carbocycles. The topological polar surface area (TPSA) is 72.7 Å². The lowest BCUT2D eigenvalue weighted by Gasteiger charge is -2.13. The Morgan fingerprint density at radius 3 is 2.79 bits per heavy atom. The van der Waals surface area contributed by atoms with Crippen LogP contribution in [0.5, 0.6) is 0 Å². The molecule has 0 radical (unpaired) electrons. The van der Waals surface area contributed by atoms with Crippen LogP contribution in [-0.4, -0.2) is 28.5 Å². The zero-order chi connectivity index (χ0) is 22.9. The maximum Gasteiger partial charge on any atom is 0.330 e. The Morgan fingerprint density at radius 1 is 1.09 bits per heavy atom. The average Bonchev–Trinajstić information content (AvgIpc) is 3.20. The molecule has 2 aromatic heterocycles. The Labute approximate surface area is 190 Å². The summed E-state index contributed by atoms with van der Waals surface area (Å²) in [6, 6.07) is 16.0. The average molecular weight is 440 g/mol. The molecule has 0 atom stereocenters. The lowest BCUT2D eigenvalue weighted by atomic mass is 10.0. The Morgan fingerprint density at radius 2 is 1.94 bits per heavy atom. The number of anilines is 1. The normalized spacial score (nSPS) is 11.5. The number of pyridine rings is 1. The molecule has 1 N–H and O–H groups in total. The van der Waals surface area contributed by atoms with E-state index >= 15 is 0 Å². The van der Waals surface area contributed by atoms with E-state index in [-0.39, 0.29) is 11.5 Å². The number of ether oxygens (including phenoxy) is 1. The standard InChI is InChI=1S/C27H25N3O3/c1-3-24(31)33-15-6-4-5-14-28-21-12-11-19-25-18(21)8-7-9-20(25)27(32)30-23-13-10-17(2)16-22(23)29-26(19)30/h3,7-13,16,28H,1,4-6,14-15H2,2H3. The summed E-state index contributed by atoms with van der Waals surface area (Å²) in [5.74, 6) is -0.380. The zero-order valence-corrected chi connectivity index (χ0v) is 18.6.